The van der Waals surface area contributed by atoms with Crippen LogP contribution in [0.25, 0.3) is 5.82 Å². The Labute approximate surface area is 96.7 Å². The summed E-state index contributed by atoms with van der Waals surface area (Å²) >= 11 is 11.7. The molecule has 0 aliphatic rings. The van der Waals surface area contributed by atoms with E-state index in [-0.39, 0.29) is 5.15 Å². The Morgan fingerprint density at radius 1 is 1.33 bits per heavy atom. The highest BCUT2D eigenvalue weighted by Gasteiger charge is 2.10. The molecular weight excluding hydrogens is 235 g/mol. The lowest BCUT2D eigenvalue weighted by molar-refractivity contribution is 0.977. The number of halogens is 2. The lowest BCUT2D eigenvalue weighted by atomic mass is 10.2. The number of imidazole rings is 1. The van der Waals surface area contributed by atoms with Crippen molar-refractivity contribution >= 4 is 28.9 Å². The highest BCUT2D eigenvalue weighted by Crippen LogP contribution is 2.24. The molecule has 78 valence electrons. The van der Waals surface area contributed by atoms with Crippen molar-refractivity contribution in [2.75, 3.05) is 5.73 Å². The Kier molecular flexibility index (Phi) is 2.54. The van der Waals surface area contributed by atoms with Gasteiger partial charge in [0.25, 0.3) is 0 Å². The SMILES string of the molecule is Cc1cc(N)cnc1-n1cnc(Cl)c1Cl. The third-order valence-electron chi connectivity index (χ3n) is 1.97. The third-order valence-corrected chi connectivity index (χ3v) is 2.70. The number of nitrogens with zero attached hydrogens (tertiary/aromatic N) is 3. The molecule has 2 aromatic heterocycles. The van der Waals surface area contributed by atoms with E-state index in [1.54, 1.807) is 10.8 Å². The van der Waals surface area contributed by atoms with Crippen LogP contribution >= 0.6 is 23.2 Å². The number of rotatable bonds is 1. The summed E-state index contributed by atoms with van der Waals surface area (Å²) in [4.78, 5) is 8.06. The van der Waals surface area contributed by atoms with Gasteiger partial charge in [-0.1, -0.05) is 23.2 Å². The van der Waals surface area contributed by atoms with Crippen LogP contribution in [0.2, 0.25) is 10.3 Å². The number of hydrogen-bond donors (Lipinski definition) is 1. The molecule has 0 aromatic carbocycles. The maximum Gasteiger partial charge on any atom is 0.166 e. The van der Waals surface area contributed by atoms with Crippen LogP contribution in [0.1, 0.15) is 5.56 Å². The highest BCUT2D eigenvalue weighted by molar-refractivity contribution is 6.40. The standard InChI is InChI=1S/C9H8Cl2N4/c1-5-2-6(12)3-13-9(5)15-4-14-7(10)8(15)11/h2-4H,12H2,1H3. The first-order chi connectivity index (χ1) is 7.09. The number of aromatic nitrogens is 3. The van der Waals surface area contributed by atoms with Gasteiger partial charge in [0, 0.05) is 0 Å². The van der Waals surface area contributed by atoms with E-state index in [0.717, 1.165) is 5.56 Å². The van der Waals surface area contributed by atoms with E-state index < -0.39 is 0 Å². The van der Waals surface area contributed by atoms with Gasteiger partial charge in [-0.25, -0.2) is 9.97 Å². The number of hydrogen-bond acceptors (Lipinski definition) is 3. The summed E-state index contributed by atoms with van der Waals surface area (Å²) in [7, 11) is 0. The molecule has 0 saturated heterocycles. The van der Waals surface area contributed by atoms with Gasteiger partial charge in [-0.15, -0.1) is 0 Å². The largest absolute Gasteiger partial charge is 0.397 e. The monoisotopic (exact) mass is 242 g/mol. The Balaban J connectivity index is 2.59. The Hall–Kier alpha value is -1.26. The Bertz CT molecular complexity index is 507. The predicted molar refractivity (Wildman–Crippen MR) is 60.5 cm³/mol. The number of nitrogen functional groups attached to an aromatic ring is 1. The van der Waals surface area contributed by atoms with Crippen molar-refractivity contribution in [3.05, 3.63) is 34.5 Å². The van der Waals surface area contributed by atoms with Crippen molar-refractivity contribution in [2.24, 2.45) is 0 Å². The fourth-order valence-corrected chi connectivity index (χ4v) is 1.61. The van der Waals surface area contributed by atoms with Gasteiger partial charge < -0.3 is 5.73 Å². The lowest BCUT2D eigenvalue weighted by Gasteiger charge is -2.06. The van der Waals surface area contributed by atoms with Crippen LogP contribution < -0.4 is 5.73 Å². The van der Waals surface area contributed by atoms with E-state index in [1.807, 2.05) is 13.0 Å². The second-order valence-electron chi connectivity index (χ2n) is 3.11. The maximum atomic E-state index is 5.95. The minimum absolute atomic E-state index is 0.259. The van der Waals surface area contributed by atoms with Crippen molar-refractivity contribution in [3.63, 3.8) is 0 Å². The van der Waals surface area contributed by atoms with Gasteiger partial charge in [-0.2, -0.15) is 0 Å². The highest BCUT2D eigenvalue weighted by atomic mass is 35.5. The zero-order valence-electron chi connectivity index (χ0n) is 7.91. The topological polar surface area (TPSA) is 56.7 Å². The van der Waals surface area contributed by atoms with Gasteiger partial charge in [0.1, 0.15) is 12.1 Å². The molecule has 0 unspecified atom stereocenters. The molecular formula is C9H8Cl2N4. The molecule has 0 aliphatic heterocycles. The maximum absolute atomic E-state index is 5.95. The molecule has 2 aromatic rings. The molecule has 2 N–H and O–H groups in total. The van der Waals surface area contributed by atoms with E-state index in [2.05, 4.69) is 9.97 Å². The van der Waals surface area contributed by atoms with Crippen molar-refractivity contribution < 1.29 is 0 Å². The zero-order valence-corrected chi connectivity index (χ0v) is 9.42. The fourth-order valence-electron chi connectivity index (χ4n) is 1.30. The molecule has 15 heavy (non-hydrogen) atoms. The summed E-state index contributed by atoms with van der Waals surface area (Å²) in [5, 5.41) is 0.603. The molecule has 6 heteroatoms. The van der Waals surface area contributed by atoms with E-state index >= 15 is 0 Å². The van der Waals surface area contributed by atoms with E-state index in [9.17, 15) is 0 Å². The van der Waals surface area contributed by atoms with Gasteiger partial charge in [-0.3, -0.25) is 4.57 Å². The van der Waals surface area contributed by atoms with Crippen molar-refractivity contribution in [3.8, 4) is 5.82 Å². The first kappa shape index (κ1) is 10.3. The van der Waals surface area contributed by atoms with E-state index in [1.165, 1.54) is 6.33 Å². The van der Waals surface area contributed by atoms with E-state index in [4.69, 9.17) is 28.9 Å². The smallest absolute Gasteiger partial charge is 0.166 e. The molecule has 0 spiro atoms. The van der Waals surface area contributed by atoms with Gasteiger partial charge in [0.2, 0.25) is 0 Å². The van der Waals surface area contributed by atoms with Crippen LogP contribution in [0.3, 0.4) is 0 Å². The summed E-state index contributed by atoms with van der Waals surface area (Å²) in [5.41, 5.74) is 7.12. The van der Waals surface area contributed by atoms with Crippen LogP contribution in [0.5, 0.6) is 0 Å². The molecule has 0 atom stereocenters. The van der Waals surface area contributed by atoms with Crippen molar-refractivity contribution in [1.29, 1.82) is 0 Å². The van der Waals surface area contributed by atoms with Gasteiger partial charge in [0.05, 0.1) is 11.9 Å². The zero-order chi connectivity index (χ0) is 11.0. The second-order valence-corrected chi connectivity index (χ2v) is 3.82. The predicted octanol–water partition coefficient (Wildman–Crippen LogP) is 2.46. The van der Waals surface area contributed by atoms with Crippen molar-refractivity contribution in [2.45, 2.75) is 6.92 Å². The molecule has 2 rings (SSSR count). The van der Waals surface area contributed by atoms with Crippen LogP contribution in [0, 0.1) is 6.92 Å². The molecule has 0 aliphatic carbocycles. The van der Waals surface area contributed by atoms with Crippen LogP contribution in [0.4, 0.5) is 5.69 Å². The lowest BCUT2D eigenvalue weighted by Crippen LogP contribution is -2.00. The number of anilines is 1. The van der Waals surface area contributed by atoms with E-state index in [0.29, 0.717) is 16.7 Å². The Morgan fingerprint density at radius 2 is 2.07 bits per heavy atom. The molecule has 0 saturated carbocycles. The average molecular weight is 243 g/mol. The number of aryl methyl sites for hydroxylation is 1. The van der Waals surface area contributed by atoms with Gasteiger partial charge >= 0.3 is 0 Å². The summed E-state index contributed by atoms with van der Waals surface area (Å²) < 4.78 is 1.61. The van der Waals surface area contributed by atoms with Gasteiger partial charge in [-0.05, 0) is 18.6 Å². The average Bonchev–Trinajstić information content (AvgIpc) is 2.49. The minimum atomic E-state index is 0.259. The normalized spacial score (nSPS) is 10.6. The van der Waals surface area contributed by atoms with Crippen molar-refractivity contribution in [1.82, 2.24) is 14.5 Å². The molecule has 0 fully saturated rings. The Morgan fingerprint density at radius 3 is 2.60 bits per heavy atom. The summed E-state index contributed by atoms with van der Waals surface area (Å²) in [6.07, 6.45) is 3.09. The summed E-state index contributed by atoms with van der Waals surface area (Å²) in [6.45, 7) is 1.89. The number of nitrogens with two attached hydrogens (primary N) is 1. The second kappa shape index (κ2) is 3.72. The third kappa shape index (κ3) is 1.78. The quantitative estimate of drug-likeness (QED) is 0.836. The van der Waals surface area contributed by atoms with Gasteiger partial charge in [0.15, 0.2) is 10.3 Å². The van der Waals surface area contributed by atoms with Crippen LogP contribution in [-0.2, 0) is 0 Å². The minimum Gasteiger partial charge on any atom is -0.397 e. The molecule has 0 bridgehead atoms. The molecule has 0 amide bonds. The first-order valence-electron chi connectivity index (χ1n) is 4.20. The summed E-state index contributed by atoms with van der Waals surface area (Å²) in [5.74, 6) is 0.675. The summed E-state index contributed by atoms with van der Waals surface area (Å²) in [6, 6.07) is 1.81. The first-order valence-corrected chi connectivity index (χ1v) is 4.96. The van der Waals surface area contributed by atoms with Crippen LogP contribution in [0.15, 0.2) is 18.6 Å². The fraction of sp³-hybridized carbons (Fsp3) is 0.111. The molecule has 4 nitrogen and oxygen atoms in total. The molecule has 2 heterocycles. The number of pyridine rings is 1. The van der Waals surface area contributed by atoms with Crippen LogP contribution in [-0.4, -0.2) is 14.5 Å². The molecule has 0 radical (unpaired) electrons.